The Kier molecular flexibility index (Phi) is 7.13. The second-order valence-electron chi connectivity index (χ2n) is 7.55. The van der Waals surface area contributed by atoms with Gasteiger partial charge in [0, 0.05) is 18.7 Å². The highest BCUT2D eigenvalue weighted by Crippen LogP contribution is 2.27. The predicted molar refractivity (Wildman–Crippen MR) is 111 cm³/mol. The van der Waals surface area contributed by atoms with Crippen LogP contribution in [0.5, 0.6) is 0 Å². The lowest BCUT2D eigenvalue weighted by Crippen LogP contribution is -2.36. The SMILES string of the molecule is Cc1c(C#N)c(NC(=O)COC(=O)CN2CCCCCC2=O)n(Cc2ccco2)c1C. The van der Waals surface area contributed by atoms with Gasteiger partial charge in [-0.3, -0.25) is 14.4 Å². The molecule has 1 N–H and O–H groups in total. The summed E-state index contributed by atoms with van der Waals surface area (Å²) in [4.78, 5) is 38.1. The van der Waals surface area contributed by atoms with Gasteiger partial charge >= 0.3 is 5.97 Å². The Balaban J connectivity index is 1.63. The summed E-state index contributed by atoms with van der Waals surface area (Å²) >= 11 is 0. The first-order valence-corrected chi connectivity index (χ1v) is 10.3. The van der Waals surface area contributed by atoms with Crippen LogP contribution in [0.1, 0.15) is 48.3 Å². The third-order valence-corrected chi connectivity index (χ3v) is 5.45. The minimum absolute atomic E-state index is 0.0701. The topological polar surface area (TPSA) is 118 Å². The van der Waals surface area contributed by atoms with E-state index in [1.165, 1.54) is 4.90 Å². The highest BCUT2D eigenvalue weighted by molar-refractivity contribution is 5.94. The Bertz CT molecular complexity index is 1000. The van der Waals surface area contributed by atoms with Gasteiger partial charge in [0.1, 0.15) is 24.2 Å². The van der Waals surface area contributed by atoms with Crippen LogP contribution in [0.25, 0.3) is 0 Å². The average Bonchev–Trinajstić information content (AvgIpc) is 3.27. The van der Waals surface area contributed by atoms with E-state index in [-0.39, 0.29) is 12.5 Å². The molecule has 31 heavy (non-hydrogen) atoms. The monoisotopic (exact) mass is 426 g/mol. The van der Waals surface area contributed by atoms with Crippen molar-refractivity contribution in [2.45, 2.75) is 46.1 Å². The molecule has 0 atom stereocenters. The molecular weight excluding hydrogens is 400 g/mol. The lowest BCUT2D eigenvalue weighted by molar-refractivity contribution is -0.151. The third-order valence-electron chi connectivity index (χ3n) is 5.45. The van der Waals surface area contributed by atoms with Gasteiger partial charge in [-0.15, -0.1) is 0 Å². The number of furan rings is 1. The highest BCUT2D eigenvalue weighted by Gasteiger charge is 2.23. The Morgan fingerprint density at radius 1 is 1.29 bits per heavy atom. The smallest absolute Gasteiger partial charge is 0.326 e. The maximum absolute atomic E-state index is 12.5. The van der Waals surface area contributed by atoms with E-state index < -0.39 is 18.5 Å². The number of nitrogens with zero attached hydrogens (tertiary/aromatic N) is 3. The second kappa shape index (κ2) is 9.98. The molecule has 9 heteroatoms. The van der Waals surface area contributed by atoms with Crippen LogP contribution in [-0.4, -0.2) is 46.9 Å². The number of hydrogen-bond donors (Lipinski definition) is 1. The number of nitrogens with one attached hydrogen (secondary N) is 1. The quantitative estimate of drug-likeness (QED) is 0.680. The van der Waals surface area contributed by atoms with Crippen LogP contribution in [0, 0.1) is 25.2 Å². The predicted octanol–water partition coefficient (Wildman–Crippen LogP) is 2.50. The molecule has 3 heterocycles. The summed E-state index contributed by atoms with van der Waals surface area (Å²) in [6, 6.07) is 5.69. The van der Waals surface area contributed by atoms with Crippen molar-refractivity contribution in [2.24, 2.45) is 0 Å². The molecular formula is C22H26N4O5. The molecule has 0 radical (unpaired) electrons. The number of esters is 1. The van der Waals surface area contributed by atoms with Gasteiger partial charge in [0.05, 0.1) is 18.4 Å². The van der Waals surface area contributed by atoms with E-state index in [0.29, 0.717) is 36.7 Å². The molecule has 1 aliphatic heterocycles. The van der Waals surface area contributed by atoms with Gasteiger partial charge in [0.2, 0.25) is 5.91 Å². The zero-order chi connectivity index (χ0) is 22.4. The molecule has 9 nitrogen and oxygen atoms in total. The number of carbonyl (C=O) groups is 3. The zero-order valence-corrected chi connectivity index (χ0v) is 17.8. The molecule has 0 unspecified atom stereocenters. The van der Waals surface area contributed by atoms with Gasteiger partial charge in [-0.1, -0.05) is 6.42 Å². The van der Waals surface area contributed by atoms with Crippen molar-refractivity contribution in [1.29, 1.82) is 5.26 Å². The van der Waals surface area contributed by atoms with E-state index in [0.717, 1.165) is 30.5 Å². The van der Waals surface area contributed by atoms with Gasteiger partial charge in [0.25, 0.3) is 5.91 Å². The lowest BCUT2D eigenvalue weighted by atomic mass is 10.2. The Hall–Kier alpha value is -3.54. The van der Waals surface area contributed by atoms with Crippen molar-refractivity contribution in [3.63, 3.8) is 0 Å². The fraction of sp³-hybridized carbons (Fsp3) is 0.455. The molecule has 0 aliphatic carbocycles. The van der Waals surface area contributed by atoms with E-state index >= 15 is 0 Å². The standard InChI is InChI=1S/C22H26N4O5/c1-15-16(2)26(12-17-7-6-10-30-17)22(18(15)11-23)24-19(27)14-31-21(29)13-25-9-5-3-4-8-20(25)28/h6-7,10H,3-5,8-9,12-14H2,1-2H3,(H,24,27). The number of aromatic nitrogens is 1. The number of carbonyl (C=O) groups excluding carboxylic acids is 3. The molecule has 2 aromatic rings. The van der Waals surface area contributed by atoms with E-state index in [1.54, 1.807) is 29.9 Å². The van der Waals surface area contributed by atoms with Crippen molar-refractivity contribution < 1.29 is 23.5 Å². The molecule has 0 saturated carbocycles. The molecule has 0 bridgehead atoms. The number of likely N-dealkylation sites (tertiary alicyclic amines) is 1. The molecule has 1 fully saturated rings. The molecule has 2 aromatic heterocycles. The van der Waals surface area contributed by atoms with Crippen LogP contribution in [-0.2, 0) is 25.7 Å². The van der Waals surface area contributed by atoms with Crippen molar-refractivity contribution in [3.8, 4) is 6.07 Å². The van der Waals surface area contributed by atoms with E-state index in [4.69, 9.17) is 9.15 Å². The number of rotatable bonds is 7. The average molecular weight is 426 g/mol. The Labute approximate surface area is 180 Å². The number of hydrogen-bond acceptors (Lipinski definition) is 6. The molecule has 164 valence electrons. The Morgan fingerprint density at radius 2 is 2.10 bits per heavy atom. The number of amides is 2. The third kappa shape index (κ3) is 5.34. The van der Waals surface area contributed by atoms with Crippen LogP contribution >= 0.6 is 0 Å². The van der Waals surface area contributed by atoms with Crippen molar-refractivity contribution >= 4 is 23.6 Å². The first-order valence-electron chi connectivity index (χ1n) is 10.3. The first-order chi connectivity index (χ1) is 14.9. The van der Waals surface area contributed by atoms with Crippen molar-refractivity contribution in [1.82, 2.24) is 9.47 Å². The van der Waals surface area contributed by atoms with E-state index in [2.05, 4.69) is 11.4 Å². The molecule has 1 aliphatic rings. The summed E-state index contributed by atoms with van der Waals surface area (Å²) in [7, 11) is 0. The van der Waals surface area contributed by atoms with Gasteiger partial charge in [0.15, 0.2) is 6.61 Å². The van der Waals surface area contributed by atoms with Crippen LogP contribution < -0.4 is 5.32 Å². The maximum atomic E-state index is 12.5. The normalized spacial score (nSPS) is 14.1. The first kappa shape index (κ1) is 22.2. The zero-order valence-electron chi connectivity index (χ0n) is 17.8. The van der Waals surface area contributed by atoms with E-state index in [1.807, 2.05) is 6.92 Å². The molecule has 2 amide bonds. The fourth-order valence-corrected chi connectivity index (χ4v) is 3.61. The summed E-state index contributed by atoms with van der Waals surface area (Å²) in [6.45, 7) is 3.85. The van der Waals surface area contributed by atoms with Crippen LogP contribution in [0.4, 0.5) is 5.82 Å². The summed E-state index contributed by atoms with van der Waals surface area (Å²) in [5.74, 6) is -0.266. The lowest BCUT2D eigenvalue weighted by Gasteiger charge is -2.19. The largest absolute Gasteiger partial charge is 0.467 e. The van der Waals surface area contributed by atoms with Gasteiger partial charge in [-0.05, 0) is 44.4 Å². The van der Waals surface area contributed by atoms with Crippen LogP contribution in [0.3, 0.4) is 0 Å². The van der Waals surface area contributed by atoms with Gasteiger partial charge in [-0.2, -0.15) is 5.26 Å². The molecule has 0 aromatic carbocycles. The second-order valence-corrected chi connectivity index (χ2v) is 7.55. The number of ether oxygens (including phenoxy) is 1. The van der Waals surface area contributed by atoms with E-state index in [9.17, 15) is 19.6 Å². The summed E-state index contributed by atoms with van der Waals surface area (Å²) < 4.78 is 12.2. The van der Waals surface area contributed by atoms with Crippen LogP contribution in [0.15, 0.2) is 22.8 Å². The highest BCUT2D eigenvalue weighted by atomic mass is 16.5. The summed E-state index contributed by atoms with van der Waals surface area (Å²) in [5.41, 5.74) is 1.92. The molecule has 3 rings (SSSR count). The van der Waals surface area contributed by atoms with Crippen molar-refractivity contribution in [2.75, 3.05) is 25.0 Å². The molecule has 0 spiro atoms. The fourth-order valence-electron chi connectivity index (χ4n) is 3.61. The summed E-state index contributed by atoms with van der Waals surface area (Å²) in [5, 5.41) is 12.2. The number of nitriles is 1. The van der Waals surface area contributed by atoms with Gasteiger partial charge < -0.3 is 23.9 Å². The van der Waals surface area contributed by atoms with Gasteiger partial charge in [-0.25, -0.2) is 0 Å². The number of anilines is 1. The summed E-state index contributed by atoms with van der Waals surface area (Å²) in [6.07, 6.45) is 4.61. The maximum Gasteiger partial charge on any atom is 0.326 e. The minimum atomic E-state index is -0.635. The van der Waals surface area contributed by atoms with Crippen molar-refractivity contribution in [3.05, 3.63) is 41.0 Å². The Morgan fingerprint density at radius 3 is 2.81 bits per heavy atom. The van der Waals surface area contributed by atoms with Crippen LogP contribution in [0.2, 0.25) is 0 Å². The minimum Gasteiger partial charge on any atom is -0.467 e. The molecule has 1 saturated heterocycles.